The van der Waals surface area contributed by atoms with Gasteiger partial charge in [-0.15, -0.1) is 5.10 Å². The van der Waals surface area contributed by atoms with Crippen molar-refractivity contribution < 1.29 is 9.32 Å². The zero-order chi connectivity index (χ0) is 19.5. The number of anilines is 1. The van der Waals surface area contributed by atoms with Gasteiger partial charge >= 0.3 is 6.03 Å². The summed E-state index contributed by atoms with van der Waals surface area (Å²) in [4.78, 5) is 18.6. The number of carbonyl (C=O) groups is 1. The highest BCUT2D eigenvalue weighted by atomic mass is 16.5. The molecule has 10 nitrogen and oxygen atoms in total. The molecule has 0 aliphatic carbocycles. The molecule has 2 amide bonds. The van der Waals surface area contributed by atoms with Gasteiger partial charge in [-0.25, -0.2) is 4.79 Å². The van der Waals surface area contributed by atoms with Crippen molar-refractivity contribution in [2.75, 3.05) is 18.4 Å². The van der Waals surface area contributed by atoms with Gasteiger partial charge in [-0.2, -0.15) is 9.67 Å². The minimum absolute atomic E-state index is 0.0848. The van der Waals surface area contributed by atoms with Crippen molar-refractivity contribution in [3.8, 4) is 5.69 Å². The van der Waals surface area contributed by atoms with Crippen molar-refractivity contribution in [3.05, 3.63) is 41.8 Å². The van der Waals surface area contributed by atoms with E-state index in [4.69, 9.17) is 4.52 Å². The van der Waals surface area contributed by atoms with Crippen LogP contribution in [0.4, 0.5) is 10.5 Å². The fourth-order valence-electron chi connectivity index (χ4n) is 3.37. The lowest BCUT2D eigenvalue weighted by molar-refractivity contribution is 0.179. The lowest BCUT2D eigenvalue weighted by Crippen LogP contribution is -2.41. The van der Waals surface area contributed by atoms with Crippen LogP contribution in [0.15, 0.2) is 28.8 Å². The maximum absolute atomic E-state index is 12.5. The van der Waals surface area contributed by atoms with E-state index in [1.54, 1.807) is 4.68 Å². The number of likely N-dealkylation sites (tertiary alicyclic amines) is 1. The summed E-state index contributed by atoms with van der Waals surface area (Å²) in [5, 5.41) is 18.2. The average molecular weight is 382 g/mol. The van der Waals surface area contributed by atoms with E-state index in [-0.39, 0.29) is 6.03 Å². The van der Waals surface area contributed by atoms with Gasteiger partial charge in [0.1, 0.15) is 0 Å². The van der Waals surface area contributed by atoms with E-state index in [1.807, 2.05) is 43.0 Å². The molecule has 1 fully saturated rings. The number of tetrazole rings is 1. The molecule has 0 radical (unpaired) electrons. The molecule has 1 N–H and O–H groups in total. The molecule has 3 heterocycles. The van der Waals surface area contributed by atoms with Crippen LogP contribution in [0.2, 0.25) is 0 Å². The molecule has 0 spiro atoms. The van der Waals surface area contributed by atoms with E-state index in [2.05, 4.69) is 31.0 Å². The van der Waals surface area contributed by atoms with Gasteiger partial charge in [0.05, 0.1) is 5.69 Å². The van der Waals surface area contributed by atoms with Gasteiger partial charge in [0.25, 0.3) is 0 Å². The minimum atomic E-state index is -0.0848. The van der Waals surface area contributed by atoms with E-state index >= 15 is 0 Å². The molecule has 0 unspecified atom stereocenters. The zero-order valence-corrected chi connectivity index (χ0v) is 15.9. The van der Waals surface area contributed by atoms with E-state index in [1.165, 1.54) is 0 Å². The molecule has 1 aliphatic rings. The molecule has 2 aromatic heterocycles. The van der Waals surface area contributed by atoms with Crippen LogP contribution in [0.1, 0.15) is 30.4 Å². The van der Waals surface area contributed by atoms with Gasteiger partial charge in [0, 0.05) is 25.2 Å². The number of benzene rings is 1. The maximum Gasteiger partial charge on any atom is 0.321 e. The molecule has 10 heteroatoms. The monoisotopic (exact) mass is 382 g/mol. The number of aromatic nitrogens is 6. The van der Waals surface area contributed by atoms with Crippen LogP contribution in [0, 0.1) is 19.8 Å². The largest absolute Gasteiger partial charge is 0.339 e. The predicted molar refractivity (Wildman–Crippen MR) is 99.9 cm³/mol. The topological polar surface area (TPSA) is 115 Å². The summed E-state index contributed by atoms with van der Waals surface area (Å²) in [6.07, 6.45) is 2.62. The Hall–Kier alpha value is -3.30. The van der Waals surface area contributed by atoms with Gasteiger partial charge in [-0.1, -0.05) is 5.16 Å². The number of rotatable bonds is 4. The number of aryl methyl sites for hydroxylation is 2. The molecular weight excluding hydrogens is 360 g/mol. The summed E-state index contributed by atoms with van der Waals surface area (Å²) in [5.41, 5.74) is 1.58. The number of hydrogen-bond acceptors (Lipinski definition) is 7. The van der Waals surface area contributed by atoms with Crippen LogP contribution in [0.25, 0.3) is 5.69 Å². The third kappa shape index (κ3) is 4.00. The average Bonchev–Trinajstić information content (AvgIpc) is 3.31. The molecule has 1 aromatic carbocycles. The quantitative estimate of drug-likeness (QED) is 0.735. The van der Waals surface area contributed by atoms with Gasteiger partial charge in [-0.05, 0) is 67.3 Å². The number of urea groups is 1. The normalized spacial score (nSPS) is 15.0. The third-order valence-electron chi connectivity index (χ3n) is 4.92. The Morgan fingerprint density at radius 1 is 1.21 bits per heavy atom. The highest BCUT2D eigenvalue weighted by molar-refractivity contribution is 5.89. The molecule has 0 atom stereocenters. The highest BCUT2D eigenvalue weighted by Crippen LogP contribution is 2.22. The zero-order valence-electron chi connectivity index (χ0n) is 15.9. The summed E-state index contributed by atoms with van der Waals surface area (Å²) in [6, 6.07) is 7.35. The number of nitrogens with one attached hydrogen (secondary N) is 1. The maximum atomic E-state index is 12.5. The SMILES string of the molecule is Cc1noc(CC2CCN(C(=O)Nc3ccc(-n4nnnc4C)cc3)CC2)n1. The fraction of sp³-hybridized carbons (Fsp3) is 0.444. The first-order valence-corrected chi connectivity index (χ1v) is 9.29. The van der Waals surface area contributed by atoms with Crippen molar-refractivity contribution in [3.63, 3.8) is 0 Å². The minimum Gasteiger partial charge on any atom is -0.339 e. The Morgan fingerprint density at radius 2 is 1.96 bits per heavy atom. The fourth-order valence-corrected chi connectivity index (χ4v) is 3.37. The molecule has 146 valence electrons. The molecule has 0 saturated carbocycles. The predicted octanol–water partition coefficient (Wildman–Crippen LogP) is 2.15. The molecule has 1 saturated heterocycles. The molecule has 1 aliphatic heterocycles. The van der Waals surface area contributed by atoms with E-state index in [9.17, 15) is 4.79 Å². The molecule has 28 heavy (non-hydrogen) atoms. The van der Waals surface area contributed by atoms with Crippen LogP contribution in [0.5, 0.6) is 0 Å². The van der Waals surface area contributed by atoms with E-state index in [0.29, 0.717) is 36.5 Å². The third-order valence-corrected chi connectivity index (χ3v) is 4.92. The van der Waals surface area contributed by atoms with Gasteiger partial charge in [0.2, 0.25) is 5.89 Å². The standard InChI is InChI=1S/C18H22N8O2/c1-12-19-17(28-22-12)11-14-7-9-25(10-8-14)18(27)20-15-3-5-16(6-4-15)26-13(2)21-23-24-26/h3-6,14H,7-11H2,1-2H3,(H,20,27). The Bertz CT molecular complexity index is 941. The van der Waals surface area contributed by atoms with Crippen molar-refractivity contribution in [1.82, 2.24) is 35.2 Å². The molecule has 3 aromatic rings. The van der Waals surface area contributed by atoms with Crippen LogP contribution >= 0.6 is 0 Å². The Morgan fingerprint density at radius 3 is 2.57 bits per heavy atom. The number of nitrogens with zero attached hydrogens (tertiary/aromatic N) is 7. The van der Waals surface area contributed by atoms with Crippen molar-refractivity contribution in [2.24, 2.45) is 5.92 Å². The first-order chi connectivity index (χ1) is 13.6. The number of amides is 2. The summed E-state index contributed by atoms with van der Waals surface area (Å²) in [5.74, 6) is 2.50. The van der Waals surface area contributed by atoms with Crippen LogP contribution in [0.3, 0.4) is 0 Å². The van der Waals surface area contributed by atoms with Crippen LogP contribution < -0.4 is 5.32 Å². The molecular formula is C18H22N8O2. The van der Waals surface area contributed by atoms with Gasteiger partial charge in [-0.3, -0.25) is 0 Å². The van der Waals surface area contributed by atoms with E-state index in [0.717, 1.165) is 30.6 Å². The van der Waals surface area contributed by atoms with Gasteiger partial charge in [0.15, 0.2) is 11.6 Å². The van der Waals surface area contributed by atoms with Crippen molar-refractivity contribution in [1.29, 1.82) is 0 Å². The second kappa shape index (κ2) is 7.75. The Labute approximate surface area is 161 Å². The molecule has 4 rings (SSSR count). The second-order valence-electron chi connectivity index (χ2n) is 6.98. The highest BCUT2D eigenvalue weighted by Gasteiger charge is 2.24. The number of piperidine rings is 1. The lowest BCUT2D eigenvalue weighted by atomic mass is 9.94. The lowest BCUT2D eigenvalue weighted by Gasteiger charge is -2.31. The first-order valence-electron chi connectivity index (χ1n) is 9.29. The van der Waals surface area contributed by atoms with Crippen LogP contribution in [-0.2, 0) is 6.42 Å². The summed E-state index contributed by atoms with van der Waals surface area (Å²) < 4.78 is 6.84. The van der Waals surface area contributed by atoms with Crippen molar-refractivity contribution >= 4 is 11.7 Å². The molecule has 0 bridgehead atoms. The first kappa shape index (κ1) is 18.1. The number of carbonyl (C=O) groups excluding carboxylic acids is 1. The number of hydrogen-bond donors (Lipinski definition) is 1. The second-order valence-corrected chi connectivity index (χ2v) is 6.98. The summed E-state index contributed by atoms with van der Waals surface area (Å²) >= 11 is 0. The summed E-state index contributed by atoms with van der Waals surface area (Å²) in [6.45, 7) is 5.08. The van der Waals surface area contributed by atoms with Crippen molar-refractivity contribution in [2.45, 2.75) is 33.1 Å². The van der Waals surface area contributed by atoms with Gasteiger partial charge < -0.3 is 14.7 Å². The Kier molecular flexibility index (Phi) is 5.00. The smallest absolute Gasteiger partial charge is 0.321 e. The van der Waals surface area contributed by atoms with Crippen LogP contribution in [-0.4, -0.2) is 54.4 Å². The Balaban J connectivity index is 1.29. The van der Waals surface area contributed by atoms with E-state index < -0.39 is 0 Å². The summed E-state index contributed by atoms with van der Waals surface area (Å²) in [7, 11) is 0.